The van der Waals surface area contributed by atoms with Crippen LogP contribution in [0.15, 0.2) is 0 Å². The molecule has 0 aliphatic carbocycles. The molecule has 0 aliphatic rings. The highest BCUT2D eigenvalue weighted by atomic mass is 35.7. The minimum Gasteiger partial charge on any atom is -0.314 e. The van der Waals surface area contributed by atoms with Gasteiger partial charge in [-0.25, -0.2) is 8.42 Å². The second-order valence-corrected chi connectivity index (χ2v) is 4.72. The van der Waals surface area contributed by atoms with Crippen molar-refractivity contribution in [3.63, 3.8) is 0 Å². The summed E-state index contributed by atoms with van der Waals surface area (Å²) in [4.78, 5) is 0. The third kappa shape index (κ3) is 3.97. The molecule has 0 bridgehead atoms. The van der Waals surface area contributed by atoms with Crippen LogP contribution in [0.1, 0.15) is 6.42 Å². The summed E-state index contributed by atoms with van der Waals surface area (Å²) in [5, 5.41) is -1.03. The van der Waals surface area contributed by atoms with E-state index in [2.05, 4.69) is 0 Å². The molecule has 0 amide bonds. The summed E-state index contributed by atoms with van der Waals surface area (Å²) >= 11 is 5.20. The maximum atomic E-state index is 10.3. The largest absolute Gasteiger partial charge is 0.314 e. The molecule has 0 fully saturated rings. The summed E-state index contributed by atoms with van der Waals surface area (Å²) < 4.78 is 20.6. The van der Waals surface area contributed by atoms with Crippen molar-refractivity contribution in [3.8, 4) is 0 Å². The van der Waals surface area contributed by atoms with Crippen LogP contribution in [0.4, 0.5) is 0 Å². The third-order valence-corrected chi connectivity index (χ3v) is 2.62. The third-order valence-electron chi connectivity index (χ3n) is 0.755. The minimum absolute atomic E-state index is 0.188. The molecule has 1 unspecified atom stereocenters. The van der Waals surface area contributed by atoms with Crippen molar-refractivity contribution < 1.29 is 8.42 Å². The van der Waals surface area contributed by atoms with E-state index >= 15 is 0 Å². The Balaban J connectivity index is 3.90. The van der Waals surface area contributed by atoms with E-state index < -0.39 is 14.4 Å². The zero-order chi connectivity index (χ0) is 7.49. The first-order valence-electron chi connectivity index (χ1n) is 2.23. The monoisotopic (exact) mass is 191 g/mol. The Morgan fingerprint density at radius 1 is 1.56 bits per heavy atom. The normalized spacial score (nSPS) is 15.4. The summed E-state index contributed by atoms with van der Waals surface area (Å²) in [5.74, 6) is 0.202. The number of rotatable bonds is 3. The van der Waals surface area contributed by atoms with Gasteiger partial charge in [0, 0.05) is 16.6 Å². The quantitative estimate of drug-likeness (QED) is 0.522. The summed E-state index contributed by atoms with van der Waals surface area (Å²) in [6.45, 7) is 0. The number of hydrogen-bond acceptors (Lipinski definition) is 3. The van der Waals surface area contributed by atoms with E-state index in [-0.39, 0.29) is 12.3 Å². The molecule has 0 aromatic rings. The van der Waals surface area contributed by atoms with Crippen LogP contribution in [-0.2, 0) is 9.05 Å². The highest BCUT2D eigenvalue weighted by Crippen LogP contribution is 2.05. The fraction of sp³-hybridized carbons (Fsp3) is 1.00. The van der Waals surface area contributed by atoms with Crippen LogP contribution >= 0.6 is 22.3 Å². The lowest BCUT2D eigenvalue weighted by atomic mass is 10.5. The Morgan fingerprint density at radius 2 is 2.00 bits per heavy atom. The van der Waals surface area contributed by atoms with Gasteiger partial charge in [-0.1, -0.05) is 0 Å². The molecule has 0 saturated heterocycles. The molecule has 0 saturated carbocycles. The molecule has 0 heterocycles. The van der Waals surface area contributed by atoms with E-state index in [0.717, 1.165) is 0 Å². The van der Waals surface area contributed by atoms with Gasteiger partial charge in [0.2, 0.25) is 9.05 Å². The molecule has 9 heavy (non-hydrogen) atoms. The Hall–Kier alpha value is 0.490. The molecule has 0 spiro atoms. The molecule has 3 nitrogen and oxygen atoms in total. The van der Waals surface area contributed by atoms with Gasteiger partial charge in [0.15, 0.2) is 0 Å². The van der Waals surface area contributed by atoms with Crippen molar-refractivity contribution >= 4 is 31.3 Å². The Labute approximate surface area is 63.5 Å². The first kappa shape index (κ1) is 9.49. The van der Waals surface area contributed by atoms with Gasteiger partial charge in [0.25, 0.3) is 0 Å². The van der Waals surface area contributed by atoms with E-state index in [4.69, 9.17) is 28.0 Å². The molecule has 56 valence electrons. The second-order valence-electron chi connectivity index (χ2n) is 1.49. The maximum Gasteiger partial charge on any atom is 0.248 e. The number of nitrogens with two attached hydrogens (primary N) is 1. The standard InChI is InChI=1S/C3H7Cl2NO2S/c4-2-1-3(6)9(5,7)8/h3H,1-2,6H2. The predicted octanol–water partition coefficient (Wildman–Crippen LogP) is 0.469. The summed E-state index contributed by atoms with van der Waals surface area (Å²) in [6.07, 6.45) is 0.188. The van der Waals surface area contributed by atoms with E-state index in [1.54, 1.807) is 0 Å². The Kier molecular flexibility index (Phi) is 3.80. The van der Waals surface area contributed by atoms with E-state index in [0.29, 0.717) is 0 Å². The lowest BCUT2D eigenvalue weighted by molar-refractivity contribution is 0.593. The summed E-state index contributed by atoms with van der Waals surface area (Å²) in [7, 11) is 1.25. The molecule has 0 aliphatic heterocycles. The SMILES string of the molecule is NC(CCCl)S(=O)(=O)Cl. The smallest absolute Gasteiger partial charge is 0.248 e. The van der Waals surface area contributed by atoms with E-state index in [1.165, 1.54) is 0 Å². The number of alkyl halides is 1. The van der Waals surface area contributed by atoms with Crippen molar-refractivity contribution in [2.75, 3.05) is 5.88 Å². The van der Waals surface area contributed by atoms with Gasteiger partial charge in [0.1, 0.15) is 5.37 Å². The molecular weight excluding hydrogens is 185 g/mol. The maximum absolute atomic E-state index is 10.3. The van der Waals surface area contributed by atoms with Gasteiger partial charge in [-0.3, -0.25) is 0 Å². The molecule has 1 atom stereocenters. The molecular formula is C3H7Cl2NO2S. The molecule has 0 aromatic heterocycles. The highest BCUT2D eigenvalue weighted by molar-refractivity contribution is 8.14. The lowest BCUT2D eigenvalue weighted by Crippen LogP contribution is -2.26. The zero-order valence-corrected chi connectivity index (χ0v) is 6.88. The van der Waals surface area contributed by atoms with Gasteiger partial charge < -0.3 is 5.73 Å². The predicted molar refractivity (Wildman–Crippen MR) is 38.1 cm³/mol. The Morgan fingerprint density at radius 3 is 2.11 bits per heavy atom. The summed E-state index contributed by atoms with van der Waals surface area (Å²) in [5.41, 5.74) is 5.06. The highest BCUT2D eigenvalue weighted by Gasteiger charge is 2.16. The average molecular weight is 192 g/mol. The molecule has 0 aromatic carbocycles. The lowest BCUT2D eigenvalue weighted by Gasteiger charge is -2.02. The molecule has 0 rings (SSSR count). The van der Waals surface area contributed by atoms with Gasteiger partial charge in [0.05, 0.1) is 0 Å². The first-order chi connectivity index (χ1) is 3.98. The van der Waals surface area contributed by atoms with Crippen molar-refractivity contribution in [1.82, 2.24) is 0 Å². The Bertz CT molecular complexity index is 167. The topological polar surface area (TPSA) is 60.2 Å². The van der Waals surface area contributed by atoms with E-state index in [9.17, 15) is 8.42 Å². The van der Waals surface area contributed by atoms with Crippen LogP contribution < -0.4 is 5.73 Å². The van der Waals surface area contributed by atoms with Gasteiger partial charge in [-0.05, 0) is 6.42 Å². The van der Waals surface area contributed by atoms with Crippen molar-refractivity contribution in [1.29, 1.82) is 0 Å². The van der Waals surface area contributed by atoms with Crippen LogP contribution in [0.5, 0.6) is 0 Å². The van der Waals surface area contributed by atoms with Crippen LogP contribution in [0.3, 0.4) is 0 Å². The second kappa shape index (κ2) is 3.61. The van der Waals surface area contributed by atoms with Gasteiger partial charge >= 0.3 is 0 Å². The van der Waals surface area contributed by atoms with Crippen LogP contribution in [0, 0.1) is 0 Å². The first-order valence-corrected chi connectivity index (χ1v) is 5.14. The fourth-order valence-corrected chi connectivity index (χ4v) is 1.28. The van der Waals surface area contributed by atoms with Crippen LogP contribution in [-0.4, -0.2) is 19.7 Å². The van der Waals surface area contributed by atoms with E-state index in [1.807, 2.05) is 0 Å². The molecule has 0 radical (unpaired) electrons. The molecule has 2 N–H and O–H groups in total. The van der Waals surface area contributed by atoms with Crippen molar-refractivity contribution in [3.05, 3.63) is 0 Å². The van der Waals surface area contributed by atoms with Crippen LogP contribution in [0.25, 0.3) is 0 Å². The van der Waals surface area contributed by atoms with Gasteiger partial charge in [-0.15, -0.1) is 11.6 Å². The fourth-order valence-electron chi connectivity index (χ4n) is 0.248. The van der Waals surface area contributed by atoms with Crippen LogP contribution in [0.2, 0.25) is 0 Å². The van der Waals surface area contributed by atoms with Crippen molar-refractivity contribution in [2.24, 2.45) is 5.73 Å². The number of halogens is 2. The summed E-state index contributed by atoms with van der Waals surface area (Å²) in [6, 6.07) is 0. The number of hydrogen-bond donors (Lipinski definition) is 1. The van der Waals surface area contributed by atoms with Gasteiger partial charge in [-0.2, -0.15) is 0 Å². The van der Waals surface area contributed by atoms with Crippen molar-refractivity contribution in [2.45, 2.75) is 11.8 Å². The molecule has 6 heteroatoms. The average Bonchev–Trinajstić information content (AvgIpc) is 1.64. The minimum atomic E-state index is -3.60. The zero-order valence-electron chi connectivity index (χ0n) is 4.55.